The van der Waals surface area contributed by atoms with E-state index in [2.05, 4.69) is 20.3 Å². The van der Waals surface area contributed by atoms with E-state index in [0.717, 1.165) is 28.1 Å². The molecule has 0 unspecified atom stereocenters. The first kappa shape index (κ1) is 17.7. The molecule has 0 aromatic carbocycles. The van der Waals surface area contributed by atoms with Crippen molar-refractivity contribution < 1.29 is 4.79 Å². The Morgan fingerprint density at radius 3 is 3.00 bits per heavy atom. The number of nitrogens with one attached hydrogen (secondary N) is 1. The fourth-order valence-corrected chi connectivity index (χ4v) is 5.49. The van der Waals surface area contributed by atoms with Crippen molar-refractivity contribution in [3.05, 3.63) is 40.3 Å². The number of amides is 1. The van der Waals surface area contributed by atoms with Crippen molar-refractivity contribution in [2.24, 2.45) is 0 Å². The van der Waals surface area contributed by atoms with Gasteiger partial charge in [0, 0.05) is 16.5 Å². The van der Waals surface area contributed by atoms with Crippen molar-refractivity contribution in [3.63, 3.8) is 0 Å². The molecule has 0 fully saturated rings. The molecule has 8 heteroatoms. The van der Waals surface area contributed by atoms with Gasteiger partial charge in [0.15, 0.2) is 5.15 Å². The maximum Gasteiger partial charge on any atom is 0.237 e. The van der Waals surface area contributed by atoms with E-state index >= 15 is 0 Å². The van der Waals surface area contributed by atoms with Gasteiger partial charge in [0.25, 0.3) is 0 Å². The van der Waals surface area contributed by atoms with Gasteiger partial charge in [0.05, 0.1) is 10.9 Å². The zero-order chi connectivity index (χ0) is 18.1. The highest BCUT2D eigenvalue weighted by Crippen LogP contribution is 2.40. The largest absolute Gasteiger partial charge is 0.322 e. The number of carbonyl (C=O) groups excluding carboxylic acids is 1. The summed E-state index contributed by atoms with van der Waals surface area (Å²) in [6.45, 7) is 1.87. The molecule has 1 amide bonds. The number of aryl methyl sites for hydroxylation is 2. The third-order valence-electron chi connectivity index (χ3n) is 4.39. The summed E-state index contributed by atoms with van der Waals surface area (Å²) in [6, 6.07) is 3.48. The van der Waals surface area contributed by atoms with Crippen LogP contribution in [0.15, 0.2) is 29.7 Å². The van der Waals surface area contributed by atoms with Crippen LogP contribution in [0, 0.1) is 0 Å². The molecule has 1 aliphatic rings. The summed E-state index contributed by atoms with van der Waals surface area (Å²) in [4.78, 5) is 27.9. The van der Waals surface area contributed by atoms with Gasteiger partial charge < -0.3 is 5.32 Å². The number of hydrogen-bond acceptors (Lipinski definition) is 6. The fourth-order valence-electron chi connectivity index (χ4n) is 3.09. The molecule has 4 rings (SSSR count). The van der Waals surface area contributed by atoms with Crippen LogP contribution in [0.2, 0.25) is 5.15 Å². The smallest absolute Gasteiger partial charge is 0.237 e. The zero-order valence-corrected chi connectivity index (χ0v) is 16.5. The summed E-state index contributed by atoms with van der Waals surface area (Å²) in [5.41, 5.74) is 1.90. The number of nitrogens with zero attached hydrogens (tertiary/aromatic N) is 3. The van der Waals surface area contributed by atoms with E-state index in [4.69, 9.17) is 11.6 Å². The summed E-state index contributed by atoms with van der Waals surface area (Å²) in [5.74, 6) is -0.124. The predicted molar refractivity (Wildman–Crippen MR) is 107 cm³/mol. The molecular weight excluding hydrogens is 388 g/mol. The first-order valence-corrected chi connectivity index (χ1v) is 10.5. The number of pyridine rings is 1. The molecule has 0 aliphatic heterocycles. The molecule has 0 saturated carbocycles. The van der Waals surface area contributed by atoms with Crippen molar-refractivity contribution in [1.29, 1.82) is 0 Å². The number of fused-ring (bicyclic) bond motifs is 3. The second-order valence-corrected chi connectivity index (χ2v) is 8.93. The van der Waals surface area contributed by atoms with E-state index < -0.39 is 0 Å². The van der Waals surface area contributed by atoms with Crippen LogP contribution in [-0.4, -0.2) is 26.1 Å². The second kappa shape index (κ2) is 7.50. The van der Waals surface area contributed by atoms with Crippen molar-refractivity contribution >= 4 is 56.5 Å². The Morgan fingerprint density at radius 2 is 2.15 bits per heavy atom. The molecule has 3 aromatic rings. The number of hydrogen-bond donors (Lipinski definition) is 1. The number of anilines is 1. The third-order valence-corrected chi connectivity index (χ3v) is 6.99. The van der Waals surface area contributed by atoms with Gasteiger partial charge >= 0.3 is 0 Å². The molecule has 26 heavy (non-hydrogen) atoms. The number of carbonyl (C=O) groups is 1. The van der Waals surface area contributed by atoms with Crippen molar-refractivity contribution in [3.8, 4) is 0 Å². The number of thioether (sulfide) groups is 1. The summed E-state index contributed by atoms with van der Waals surface area (Å²) >= 11 is 9.25. The van der Waals surface area contributed by atoms with Gasteiger partial charge in [-0.2, -0.15) is 0 Å². The van der Waals surface area contributed by atoms with Crippen molar-refractivity contribution in [2.75, 3.05) is 5.32 Å². The van der Waals surface area contributed by atoms with Gasteiger partial charge in [0.1, 0.15) is 16.2 Å². The van der Waals surface area contributed by atoms with Crippen molar-refractivity contribution in [1.82, 2.24) is 15.0 Å². The number of thiophene rings is 1. The summed E-state index contributed by atoms with van der Waals surface area (Å²) < 4.78 is 0. The Labute approximate surface area is 164 Å². The van der Waals surface area contributed by atoms with Gasteiger partial charge in [0.2, 0.25) is 5.91 Å². The summed E-state index contributed by atoms with van der Waals surface area (Å²) in [7, 11) is 0. The highest BCUT2D eigenvalue weighted by Gasteiger charge is 2.23. The molecule has 1 N–H and O–H groups in total. The minimum absolute atomic E-state index is 0.124. The van der Waals surface area contributed by atoms with Crippen LogP contribution < -0.4 is 5.32 Å². The normalized spacial score (nSPS) is 14.8. The standard InChI is InChI=1S/C18H17ClN4OS2/c1-10(16(24)23-12-6-4-8-20-15(12)19)25-17-14-11-5-2-3-7-13(11)26-18(14)22-9-21-17/h4,6,8-10H,2-3,5,7H2,1H3,(H,23,24)/t10-/m0/s1. The first-order valence-electron chi connectivity index (χ1n) is 8.47. The minimum Gasteiger partial charge on any atom is -0.322 e. The van der Waals surface area contributed by atoms with Gasteiger partial charge in [-0.25, -0.2) is 15.0 Å². The molecule has 0 saturated heterocycles. The Hall–Kier alpha value is -1.70. The molecule has 1 aliphatic carbocycles. The van der Waals surface area contributed by atoms with E-state index in [0.29, 0.717) is 5.69 Å². The highest BCUT2D eigenvalue weighted by atomic mass is 35.5. The fraction of sp³-hybridized carbons (Fsp3) is 0.333. The van der Waals surface area contributed by atoms with Crippen LogP contribution in [0.4, 0.5) is 5.69 Å². The Bertz CT molecular complexity index is 975. The lowest BCUT2D eigenvalue weighted by Gasteiger charge is -2.14. The molecule has 134 valence electrons. The van der Waals surface area contributed by atoms with E-state index in [1.165, 1.54) is 35.0 Å². The minimum atomic E-state index is -0.316. The topological polar surface area (TPSA) is 67.8 Å². The monoisotopic (exact) mass is 404 g/mol. The second-order valence-electron chi connectivity index (χ2n) is 6.16. The molecular formula is C18H17ClN4OS2. The van der Waals surface area contributed by atoms with Gasteiger partial charge in [-0.3, -0.25) is 4.79 Å². The quantitative estimate of drug-likeness (QED) is 0.386. The number of halogens is 1. The molecule has 0 bridgehead atoms. The maximum atomic E-state index is 12.6. The summed E-state index contributed by atoms with van der Waals surface area (Å²) in [5, 5.41) is 4.83. The van der Waals surface area contributed by atoms with Crippen molar-refractivity contribution in [2.45, 2.75) is 42.9 Å². The first-order chi connectivity index (χ1) is 12.6. The van der Waals surface area contributed by atoms with Crippen LogP contribution in [-0.2, 0) is 17.6 Å². The maximum absolute atomic E-state index is 12.6. The molecule has 0 radical (unpaired) electrons. The lowest BCUT2D eigenvalue weighted by molar-refractivity contribution is -0.115. The molecule has 3 aromatic heterocycles. The van der Waals surface area contributed by atoms with Gasteiger partial charge in [-0.1, -0.05) is 23.4 Å². The van der Waals surface area contributed by atoms with E-state index in [9.17, 15) is 4.79 Å². The van der Waals surface area contributed by atoms with Crippen LogP contribution in [0.5, 0.6) is 0 Å². The predicted octanol–water partition coefficient (Wildman–Crippen LogP) is 4.74. The van der Waals surface area contributed by atoms with Crippen LogP contribution >= 0.6 is 34.7 Å². The van der Waals surface area contributed by atoms with Crippen LogP contribution in [0.3, 0.4) is 0 Å². The number of aromatic nitrogens is 3. The molecule has 1 atom stereocenters. The average molecular weight is 405 g/mol. The average Bonchev–Trinajstić information content (AvgIpc) is 3.03. The molecule has 3 heterocycles. The SMILES string of the molecule is C[C@H](Sc1ncnc2sc3c(c12)CCCC3)C(=O)Nc1cccnc1Cl. The van der Waals surface area contributed by atoms with E-state index in [-0.39, 0.29) is 16.3 Å². The van der Waals surface area contributed by atoms with Crippen LogP contribution in [0.25, 0.3) is 10.2 Å². The highest BCUT2D eigenvalue weighted by molar-refractivity contribution is 8.00. The molecule has 5 nitrogen and oxygen atoms in total. The van der Waals surface area contributed by atoms with E-state index in [1.54, 1.807) is 36.0 Å². The van der Waals surface area contributed by atoms with Gasteiger partial charge in [-0.15, -0.1) is 11.3 Å². The summed E-state index contributed by atoms with van der Waals surface area (Å²) in [6.07, 6.45) is 7.81. The Kier molecular flexibility index (Phi) is 5.11. The Balaban J connectivity index is 1.58. The van der Waals surface area contributed by atoms with Gasteiger partial charge in [-0.05, 0) is 50.3 Å². The van der Waals surface area contributed by atoms with E-state index in [1.807, 2.05) is 6.92 Å². The van der Waals surface area contributed by atoms with Crippen LogP contribution in [0.1, 0.15) is 30.2 Å². The zero-order valence-electron chi connectivity index (χ0n) is 14.2. The Morgan fingerprint density at radius 1 is 1.31 bits per heavy atom. The lowest BCUT2D eigenvalue weighted by atomic mass is 9.97. The lowest BCUT2D eigenvalue weighted by Crippen LogP contribution is -2.22. The third kappa shape index (κ3) is 3.43. The molecule has 0 spiro atoms. The number of rotatable bonds is 4.